The number of hydrogen-bond acceptors (Lipinski definition) is 6. The van der Waals surface area contributed by atoms with Gasteiger partial charge in [-0.25, -0.2) is 18.1 Å². The maximum atomic E-state index is 12.5. The van der Waals surface area contributed by atoms with Crippen molar-refractivity contribution in [1.29, 1.82) is 0 Å². The van der Waals surface area contributed by atoms with E-state index in [1.54, 1.807) is 13.1 Å². The van der Waals surface area contributed by atoms with E-state index in [2.05, 4.69) is 41.2 Å². The van der Waals surface area contributed by atoms with Crippen molar-refractivity contribution in [3.8, 4) is 0 Å². The lowest BCUT2D eigenvalue weighted by molar-refractivity contribution is 0.599. The van der Waals surface area contributed by atoms with E-state index < -0.39 is 10.0 Å². The molecule has 0 amide bonds. The van der Waals surface area contributed by atoms with E-state index >= 15 is 0 Å². The molecule has 2 N–H and O–H groups in total. The van der Waals surface area contributed by atoms with Crippen LogP contribution in [0.25, 0.3) is 0 Å². The second-order valence-electron chi connectivity index (χ2n) is 4.33. The number of sulfonamides is 1. The Labute approximate surface area is 131 Å². The highest BCUT2D eigenvalue weighted by Crippen LogP contribution is 2.28. The van der Waals surface area contributed by atoms with Crippen molar-refractivity contribution >= 4 is 31.9 Å². The van der Waals surface area contributed by atoms with Crippen molar-refractivity contribution in [2.45, 2.75) is 18.4 Å². The standard InChI is InChI=1S/C12H14BrN5O2S/c1-8-5-9(7-14-2)6-10(11(8)13)21(19,20)18-12-15-3-4-16-17-12/h3-6,14H,7H2,1-2H3,(H,15,17,18). The van der Waals surface area contributed by atoms with Gasteiger partial charge in [0.1, 0.15) is 4.90 Å². The average Bonchev–Trinajstić information content (AvgIpc) is 2.43. The zero-order valence-corrected chi connectivity index (χ0v) is 13.9. The number of anilines is 1. The second-order valence-corrected chi connectivity index (χ2v) is 6.77. The molecule has 0 aliphatic heterocycles. The topological polar surface area (TPSA) is 96.9 Å². The van der Waals surface area contributed by atoms with E-state index in [1.165, 1.54) is 12.4 Å². The van der Waals surface area contributed by atoms with Gasteiger partial charge in [-0.1, -0.05) is 6.07 Å². The first-order valence-electron chi connectivity index (χ1n) is 6.04. The van der Waals surface area contributed by atoms with Gasteiger partial charge in [0.05, 0.1) is 12.4 Å². The number of aromatic nitrogens is 3. The minimum Gasteiger partial charge on any atom is -0.316 e. The Morgan fingerprint density at radius 2 is 2.05 bits per heavy atom. The van der Waals surface area contributed by atoms with Gasteiger partial charge >= 0.3 is 0 Å². The number of hydrogen-bond donors (Lipinski definition) is 2. The molecule has 0 radical (unpaired) electrons. The van der Waals surface area contributed by atoms with Gasteiger partial charge in [-0.15, -0.1) is 5.10 Å². The van der Waals surface area contributed by atoms with E-state index in [1.807, 2.05) is 13.0 Å². The van der Waals surface area contributed by atoms with Gasteiger partial charge in [-0.2, -0.15) is 5.10 Å². The third-order valence-electron chi connectivity index (χ3n) is 2.66. The normalized spacial score (nSPS) is 11.4. The first-order valence-corrected chi connectivity index (χ1v) is 8.32. The Morgan fingerprint density at radius 3 is 2.67 bits per heavy atom. The van der Waals surface area contributed by atoms with Crippen molar-refractivity contribution in [3.05, 3.63) is 40.1 Å². The highest BCUT2D eigenvalue weighted by atomic mass is 79.9. The summed E-state index contributed by atoms with van der Waals surface area (Å²) in [4.78, 5) is 3.95. The van der Waals surface area contributed by atoms with Gasteiger partial charge in [0.2, 0.25) is 0 Å². The SMILES string of the molecule is CNCc1cc(C)c(Br)c(S(=O)(=O)Nc2nccnn2)c1. The minimum atomic E-state index is -3.80. The Balaban J connectivity index is 2.44. The molecule has 21 heavy (non-hydrogen) atoms. The van der Waals surface area contributed by atoms with Crippen LogP contribution in [-0.2, 0) is 16.6 Å². The lowest BCUT2D eigenvalue weighted by atomic mass is 10.1. The monoisotopic (exact) mass is 371 g/mol. The fourth-order valence-corrected chi connectivity index (χ4v) is 3.80. The van der Waals surface area contributed by atoms with Crippen LogP contribution in [-0.4, -0.2) is 30.6 Å². The van der Waals surface area contributed by atoms with E-state index in [4.69, 9.17) is 0 Å². The van der Waals surface area contributed by atoms with Crippen LogP contribution in [0.2, 0.25) is 0 Å². The molecule has 0 fully saturated rings. The lowest BCUT2D eigenvalue weighted by Gasteiger charge is -2.12. The largest absolute Gasteiger partial charge is 0.316 e. The molecule has 2 rings (SSSR count). The summed E-state index contributed by atoms with van der Waals surface area (Å²) in [5, 5.41) is 10.2. The zero-order chi connectivity index (χ0) is 15.5. The Hall–Kier alpha value is -1.58. The Morgan fingerprint density at radius 1 is 1.29 bits per heavy atom. The van der Waals surface area contributed by atoms with E-state index in [0.29, 0.717) is 11.0 Å². The third kappa shape index (κ3) is 3.74. The molecule has 0 aliphatic rings. The maximum Gasteiger partial charge on any atom is 0.265 e. The van der Waals surface area contributed by atoms with Crippen LogP contribution in [0.5, 0.6) is 0 Å². The number of nitrogens with one attached hydrogen (secondary N) is 2. The van der Waals surface area contributed by atoms with Crippen molar-refractivity contribution in [2.75, 3.05) is 11.8 Å². The van der Waals surface area contributed by atoms with Crippen LogP contribution < -0.4 is 10.0 Å². The number of rotatable bonds is 5. The molecule has 0 bridgehead atoms. The zero-order valence-electron chi connectivity index (χ0n) is 11.5. The predicted octanol–water partition coefficient (Wildman–Crippen LogP) is 1.46. The predicted molar refractivity (Wildman–Crippen MR) is 82.3 cm³/mol. The molecule has 7 nitrogen and oxygen atoms in total. The highest BCUT2D eigenvalue weighted by molar-refractivity contribution is 9.10. The van der Waals surface area contributed by atoms with Crippen LogP contribution in [0.1, 0.15) is 11.1 Å². The third-order valence-corrected chi connectivity index (χ3v) is 5.33. The molecule has 1 aromatic carbocycles. The van der Waals surface area contributed by atoms with Gasteiger partial charge in [0.25, 0.3) is 16.0 Å². The molecule has 0 saturated carbocycles. The van der Waals surface area contributed by atoms with Gasteiger partial charge in [-0.05, 0) is 47.1 Å². The fourth-order valence-electron chi connectivity index (χ4n) is 1.78. The minimum absolute atomic E-state index is 0.0685. The molecular formula is C12H14BrN5O2S. The van der Waals surface area contributed by atoms with E-state index in [9.17, 15) is 8.42 Å². The summed E-state index contributed by atoms with van der Waals surface area (Å²) in [6.07, 6.45) is 2.73. The number of nitrogens with zero attached hydrogens (tertiary/aromatic N) is 3. The van der Waals surface area contributed by atoms with Crippen molar-refractivity contribution < 1.29 is 8.42 Å². The summed E-state index contributed by atoms with van der Waals surface area (Å²) < 4.78 is 27.7. The van der Waals surface area contributed by atoms with Gasteiger partial charge < -0.3 is 5.32 Å². The van der Waals surface area contributed by atoms with Crippen LogP contribution in [0.4, 0.5) is 5.95 Å². The highest BCUT2D eigenvalue weighted by Gasteiger charge is 2.21. The van der Waals surface area contributed by atoms with Gasteiger partial charge in [0, 0.05) is 11.0 Å². The quantitative estimate of drug-likeness (QED) is 0.825. The Bertz CT molecular complexity index is 737. The molecule has 0 unspecified atom stereocenters. The molecule has 0 saturated heterocycles. The first kappa shape index (κ1) is 15.8. The smallest absolute Gasteiger partial charge is 0.265 e. The summed E-state index contributed by atoms with van der Waals surface area (Å²) in [6.45, 7) is 2.41. The summed E-state index contributed by atoms with van der Waals surface area (Å²) in [7, 11) is -2.00. The summed E-state index contributed by atoms with van der Waals surface area (Å²) >= 11 is 3.32. The first-order chi connectivity index (χ1) is 9.94. The maximum absolute atomic E-state index is 12.5. The summed E-state index contributed by atoms with van der Waals surface area (Å²) in [5.74, 6) is -0.0685. The number of benzene rings is 1. The van der Waals surface area contributed by atoms with Crippen LogP contribution >= 0.6 is 15.9 Å². The molecule has 0 aliphatic carbocycles. The second kappa shape index (κ2) is 6.46. The summed E-state index contributed by atoms with van der Waals surface area (Å²) in [6, 6.07) is 3.52. The van der Waals surface area contributed by atoms with Crippen molar-refractivity contribution in [2.24, 2.45) is 0 Å². The van der Waals surface area contributed by atoms with Crippen LogP contribution in [0.3, 0.4) is 0 Å². The fraction of sp³-hybridized carbons (Fsp3) is 0.250. The molecule has 1 aromatic heterocycles. The van der Waals surface area contributed by atoms with E-state index in [0.717, 1.165) is 11.1 Å². The van der Waals surface area contributed by atoms with Gasteiger partial charge in [-0.3, -0.25) is 0 Å². The molecule has 0 atom stereocenters. The van der Waals surface area contributed by atoms with Gasteiger partial charge in [0.15, 0.2) is 0 Å². The molecule has 2 aromatic rings. The van der Waals surface area contributed by atoms with Crippen LogP contribution in [0, 0.1) is 6.92 Å². The lowest BCUT2D eigenvalue weighted by Crippen LogP contribution is -2.17. The number of halogens is 1. The van der Waals surface area contributed by atoms with Crippen molar-refractivity contribution in [1.82, 2.24) is 20.5 Å². The molecular weight excluding hydrogens is 358 g/mol. The molecule has 1 heterocycles. The molecule has 9 heteroatoms. The average molecular weight is 372 g/mol. The molecule has 112 valence electrons. The van der Waals surface area contributed by atoms with E-state index in [-0.39, 0.29) is 10.8 Å². The van der Waals surface area contributed by atoms with Crippen LogP contribution in [0.15, 0.2) is 33.9 Å². The van der Waals surface area contributed by atoms with Crippen molar-refractivity contribution in [3.63, 3.8) is 0 Å². The molecule has 0 spiro atoms. The number of aryl methyl sites for hydroxylation is 1. The summed E-state index contributed by atoms with van der Waals surface area (Å²) in [5.41, 5.74) is 1.70. The Kier molecular flexibility index (Phi) is 4.86.